The fourth-order valence-corrected chi connectivity index (χ4v) is 4.75. The fourth-order valence-electron chi connectivity index (χ4n) is 4.75. The molecule has 2 aromatic heterocycles. The minimum absolute atomic E-state index is 0.153. The van der Waals surface area contributed by atoms with E-state index >= 15 is 0 Å². The van der Waals surface area contributed by atoms with E-state index in [1.165, 1.54) is 4.90 Å². The lowest BCUT2D eigenvalue weighted by Crippen LogP contribution is -2.47. The number of rotatable bonds is 10. The van der Waals surface area contributed by atoms with Crippen LogP contribution in [0.5, 0.6) is 5.88 Å². The van der Waals surface area contributed by atoms with Gasteiger partial charge in [-0.05, 0) is 64.7 Å². The average molecular weight is 591 g/mol. The van der Waals surface area contributed by atoms with Crippen molar-refractivity contribution < 1.29 is 19.1 Å². The highest BCUT2D eigenvalue weighted by atomic mass is 16.6. The third kappa shape index (κ3) is 8.28. The van der Waals surface area contributed by atoms with Gasteiger partial charge in [0.25, 0.3) is 0 Å². The first-order valence-corrected chi connectivity index (χ1v) is 14.7. The summed E-state index contributed by atoms with van der Waals surface area (Å²) < 4.78 is 12.6. The highest BCUT2D eigenvalue weighted by molar-refractivity contribution is 5.88. The molecule has 0 spiro atoms. The van der Waals surface area contributed by atoms with Crippen molar-refractivity contribution in [2.24, 2.45) is 7.05 Å². The molecule has 4 rings (SSSR count). The van der Waals surface area contributed by atoms with Gasteiger partial charge in [-0.3, -0.25) is 14.4 Å². The van der Waals surface area contributed by atoms with E-state index in [0.29, 0.717) is 55.6 Å². The number of methoxy groups -OCH3 is 1. The number of aryl methyl sites for hydroxylation is 1. The quantitative estimate of drug-likeness (QED) is 0.229. The number of anilines is 3. The van der Waals surface area contributed by atoms with Gasteiger partial charge in [-0.2, -0.15) is 4.98 Å². The van der Waals surface area contributed by atoms with Gasteiger partial charge in [0.2, 0.25) is 17.7 Å². The van der Waals surface area contributed by atoms with Crippen LogP contribution < -0.4 is 20.7 Å². The molecule has 0 saturated carbocycles. The molecule has 3 N–H and O–H groups in total. The molecule has 1 saturated heterocycles. The number of amides is 2. The summed E-state index contributed by atoms with van der Waals surface area (Å²) >= 11 is 0. The Labute approximate surface area is 252 Å². The summed E-state index contributed by atoms with van der Waals surface area (Å²) in [4.78, 5) is 35.9. The molecule has 3 aromatic rings. The van der Waals surface area contributed by atoms with Crippen LogP contribution in [-0.2, 0) is 16.6 Å². The van der Waals surface area contributed by atoms with Crippen molar-refractivity contribution >= 4 is 40.4 Å². The summed E-state index contributed by atoms with van der Waals surface area (Å²) in [6, 6.07) is 5.38. The van der Waals surface area contributed by atoms with Crippen LogP contribution in [0.4, 0.5) is 22.2 Å². The average Bonchev–Trinajstić information content (AvgIpc) is 3.58. The summed E-state index contributed by atoms with van der Waals surface area (Å²) in [6.07, 6.45) is 4.87. The predicted octanol–water partition coefficient (Wildman–Crippen LogP) is 4.58. The Morgan fingerprint density at radius 1 is 1.21 bits per heavy atom. The number of fused-ring (bicyclic) bond motifs is 1. The summed E-state index contributed by atoms with van der Waals surface area (Å²) in [5.74, 6) is 7.84. The minimum Gasteiger partial charge on any atom is -0.479 e. The zero-order valence-corrected chi connectivity index (χ0v) is 25.9. The molecule has 0 unspecified atom stereocenters. The highest BCUT2D eigenvalue weighted by Gasteiger charge is 2.36. The van der Waals surface area contributed by atoms with Crippen molar-refractivity contribution in [1.82, 2.24) is 30.0 Å². The van der Waals surface area contributed by atoms with E-state index in [9.17, 15) is 9.59 Å². The molecular formula is C31H42N8O4. The van der Waals surface area contributed by atoms with E-state index in [2.05, 4.69) is 49.8 Å². The van der Waals surface area contributed by atoms with Crippen molar-refractivity contribution in [3.63, 3.8) is 0 Å². The second kappa shape index (κ2) is 14.1. The Hall–Kier alpha value is -4.53. The standard InChI is InChI=1S/C31H42N8O4/c1-7-16-32-26-21(20-34-29(36-26)35-22-14-15-24-23(19-22)28(42-6)37-38(24)5)12-9-8-10-17-33-27(40)25-13-11-18-39(25)30(41)43-31(2,3)4/h14-15,19-20,25H,7-8,10-11,13,16-18H2,1-6H3,(H,33,40)(H2,32,34,35,36)/t25-/m0/s1. The molecule has 230 valence electrons. The van der Waals surface area contributed by atoms with Crippen LogP contribution in [-0.4, -0.2) is 75.0 Å². The number of hydrogen-bond acceptors (Lipinski definition) is 9. The van der Waals surface area contributed by atoms with E-state index in [1.807, 2.05) is 46.0 Å². The molecule has 1 fully saturated rings. The summed E-state index contributed by atoms with van der Waals surface area (Å²) in [7, 11) is 3.48. The number of unbranched alkanes of at least 4 members (excludes halogenated alkanes) is 1. The van der Waals surface area contributed by atoms with Crippen LogP contribution in [0, 0.1) is 11.8 Å². The third-order valence-electron chi connectivity index (χ3n) is 6.78. The van der Waals surface area contributed by atoms with Crippen molar-refractivity contribution in [1.29, 1.82) is 0 Å². The van der Waals surface area contributed by atoms with Crippen molar-refractivity contribution in [2.45, 2.75) is 71.4 Å². The largest absolute Gasteiger partial charge is 0.479 e. The lowest BCUT2D eigenvalue weighted by atomic mass is 10.2. The Morgan fingerprint density at radius 2 is 2.02 bits per heavy atom. The number of ether oxygens (including phenoxy) is 2. The number of benzene rings is 1. The van der Waals surface area contributed by atoms with Crippen molar-refractivity contribution in [3.8, 4) is 17.7 Å². The topological polar surface area (TPSA) is 136 Å². The van der Waals surface area contributed by atoms with Gasteiger partial charge < -0.3 is 25.4 Å². The maximum Gasteiger partial charge on any atom is 0.410 e. The Kier molecular flexibility index (Phi) is 10.3. The van der Waals surface area contributed by atoms with Gasteiger partial charge >= 0.3 is 6.09 Å². The van der Waals surface area contributed by atoms with Crippen LogP contribution in [0.1, 0.15) is 65.4 Å². The second-order valence-corrected chi connectivity index (χ2v) is 11.4. The number of nitrogens with zero attached hydrogens (tertiary/aromatic N) is 5. The SMILES string of the molecule is CCCNc1nc(Nc2ccc3c(c2)c(OC)nn3C)ncc1C#CCCCNC(=O)[C@@H]1CCCN1C(=O)OC(C)(C)C. The van der Waals surface area contributed by atoms with Crippen LogP contribution in [0.2, 0.25) is 0 Å². The Bertz CT molecular complexity index is 1500. The first kappa shape index (κ1) is 31.4. The van der Waals surface area contributed by atoms with Gasteiger partial charge in [0.05, 0.1) is 29.8 Å². The molecule has 2 amide bonds. The van der Waals surface area contributed by atoms with Crippen molar-refractivity contribution in [2.75, 3.05) is 37.4 Å². The maximum absolute atomic E-state index is 12.7. The van der Waals surface area contributed by atoms with Gasteiger partial charge in [0.15, 0.2) is 0 Å². The molecule has 1 atom stereocenters. The van der Waals surface area contributed by atoms with Crippen LogP contribution in [0.25, 0.3) is 10.9 Å². The van der Waals surface area contributed by atoms with E-state index in [1.54, 1.807) is 18.0 Å². The first-order valence-electron chi connectivity index (χ1n) is 14.7. The molecule has 0 radical (unpaired) electrons. The van der Waals surface area contributed by atoms with Gasteiger partial charge in [0.1, 0.15) is 17.5 Å². The fraction of sp³-hybridized carbons (Fsp3) is 0.516. The van der Waals surface area contributed by atoms with Crippen molar-refractivity contribution in [3.05, 3.63) is 30.0 Å². The number of nitrogens with one attached hydrogen (secondary N) is 3. The molecule has 1 aliphatic rings. The predicted molar refractivity (Wildman–Crippen MR) is 166 cm³/mol. The smallest absolute Gasteiger partial charge is 0.410 e. The molecular weight excluding hydrogens is 548 g/mol. The number of carbonyl (C=O) groups excluding carboxylic acids is 2. The van der Waals surface area contributed by atoms with E-state index < -0.39 is 17.7 Å². The van der Waals surface area contributed by atoms with Crippen LogP contribution in [0.3, 0.4) is 0 Å². The zero-order valence-electron chi connectivity index (χ0n) is 25.9. The van der Waals surface area contributed by atoms with Gasteiger partial charge in [-0.1, -0.05) is 18.8 Å². The Balaban J connectivity index is 1.33. The number of aromatic nitrogens is 4. The van der Waals surface area contributed by atoms with E-state index in [4.69, 9.17) is 9.47 Å². The van der Waals surface area contributed by atoms with Crippen LogP contribution >= 0.6 is 0 Å². The summed E-state index contributed by atoms with van der Waals surface area (Å²) in [5.41, 5.74) is 1.87. The normalized spacial score (nSPS) is 14.7. The molecule has 3 heterocycles. The maximum atomic E-state index is 12.7. The van der Waals surface area contributed by atoms with E-state index in [-0.39, 0.29) is 5.91 Å². The molecule has 1 aliphatic heterocycles. The number of likely N-dealkylation sites (tertiary alicyclic amines) is 1. The molecule has 0 bridgehead atoms. The first-order chi connectivity index (χ1) is 20.6. The van der Waals surface area contributed by atoms with E-state index in [0.717, 1.165) is 36.0 Å². The second-order valence-electron chi connectivity index (χ2n) is 11.4. The Morgan fingerprint density at radius 3 is 2.77 bits per heavy atom. The third-order valence-corrected chi connectivity index (χ3v) is 6.78. The summed E-state index contributed by atoms with van der Waals surface area (Å²) in [5, 5.41) is 14.8. The number of hydrogen-bond donors (Lipinski definition) is 3. The molecule has 43 heavy (non-hydrogen) atoms. The monoisotopic (exact) mass is 590 g/mol. The summed E-state index contributed by atoms with van der Waals surface area (Å²) in [6.45, 7) is 9.29. The lowest BCUT2D eigenvalue weighted by Gasteiger charge is -2.28. The minimum atomic E-state index is -0.600. The van der Waals surface area contributed by atoms with Gasteiger partial charge in [0, 0.05) is 38.8 Å². The molecule has 0 aliphatic carbocycles. The molecule has 12 heteroatoms. The van der Waals surface area contributed by atoms with Crippen LogP contribution in [0.15, 0.2) is 24.4 Å². The highest BCUT2D eigenvalue weighted by Crippen LogP contribution is 2.28. The lowest BCUT2D eigenvalue weighted by molar-refractivity contribution is -0.125. The number of carbonyl (C=O) groups is 2. The van der Waals surface area contributed by atoms with Gasteiger partial charge in [-0.15, -0.1) is 5.10 Å². The zero-order chi connectivity index (χ0) is 31.0. The molecule has 12 nitrogen and oxygen atoms in total. The molecule has 1 aromatic carbocycles. The van der Waals surface area contributed by atoms with Gasteiger partial charge in [-0.25, -0.2) is 9.78 Å².